The summed E-state index contributed by atoms with van der Waals surface area (Å²) in [7, 11) is 1.81. The standard InChI is InChI=1S/C13H14N4O4/c1-16-8-9(7-15-16)4-5-14-12-6-10(17(20)21)2-3-11(12)13(18)19/h2-3,6-8,14H,4-5H2,1H3,(H,18,19). The Morgan fingerprint density at radius 3 is 2.86 bits per heavy atom. The first-order chi connectivity index (χ1) is 9.97. The number of carboxylic acid groups (broad SMARTS) is 1. The van der Waals surface area contributed by atoms with Gasteiger partial charge in [-0.2, -0.15) is 5.10 Å². The molecule has 0 fully saturated rings. The minimum Gasteiger partial charge on any atom is -0.478 e. The summed E-state index contributed by atoms with van der Waals surface area (Å²) in [5.41, 5.74) is 1.09. The van der Waals surface area contributed by atoms with E-state index in [9.17, 15) is 14.9 Å². The van der Waals surface area contributed by atoms with Crippen molar-refractivity contribution < 1.29 is 14.8 Å². The van der Waals surface area contributed by atoms with Gasteiger partial charge in [0.05, 0.1) is 22.4 Å². The number of hydrogen-bond donors (Lipinski definition) is 2. The lowest BCUT2D eigenvalue weighted by Crippen LogP contribution is -2.09. The maximum atomic E-state index is 11.1. The molecule has 0 aliphatic carbocycles. The monoisotopic (exact) mass is 290 g/mol. The fourth-order valence-corrected chi connectivity index (χ4v) is 1.92. The molecule has 0 bridgehead atoms. The van der Waals surface area contributed by atoms with Crippen LogP contribution >= 0.6 is 0 Å². The van der Waals surface area contributed by atoms with Crippen LogP contribution in [0, 0.1) is 10.1 Å². The average Bonchev–Trinajstić information content (AvgIpc) is 2.84. The van der Waals surface area contributed by atoms with Crippen LogP contribution in [0.2, 0.25) is 0 Å². The van der Waals surface area contributed by atoms with Gasteiger partial charge in [-0.3, -0.25) is 14.8 Å². The van der Waals surface area contributed by atoms with E-state index in [1.165, 1.54) is 18.2 Å². The first-order valence-corrected chi connectivity index (χ1v) is 6.20. The number of aryl methyl sites for hydroxylation is 1. The number of nitrogens with one attached hydrogen (secondary N) is 1. The number of carbonyl (C=O) groups is 1. The average molecular weight is 290 g/mol. The highest BCUT2D eigenvalue weighted by molar-refractivity contribution is 5.94. The molecule has 8 nitrogen and oxygen atoms in total. The van der Waals surface area contributed by atoms with Crippen molar-refractivity contribution in [1.29, 1.82) is 0 Å². The minimum atomic E-state index is -1.13. The highest BCUT2D eigenvalue weighted by atomic mass is 16.6. The number of anilines is 1. The number of non-ortho nitro benzene ring substituents is 1. The van der Waals surface area contributed by atoms with Gasteiger partial charge < -0.3 is 10.4 Å². The lowest BCUT2D eigenvalue weighted by atomic mass is 10.1. The van der Waals surface area contributed by atoms with E-state index in [4.69, 9.17) is 5.11 Å². The van der Waals surface area contributed by atoms with Crippen molar-refractivity contribution >= 4 is 17.3 Å². The summed E-state index contributed by atoms with van der Waals surface area (Å²) in [5, 5.41) is 26.8. The molecule has 0 radical (unpaired) electrons. The third-order valence-electron chi connectivity index (χ3n) is 2.93. The van der Waals surface area contributed by atoms with Crippen LogP contribution in [0.1, 0.15) is 15.9 Å². The smallest absolute Gasteiger partial charge is 0.337 e. The highest BCUT2D eigenvalue weighted by Gasteiger charge is 2.15. The Morgan fingerprint density at radius 1 is 1.52 bits per heavy atom. The number of nitro groups is 1. The highest BCUT2D eigenvalue weighted by Crippen LogP contribution is 2.22. The Hall–Kier alpha value is -2.90. The summed E-state index contributed by atoms with van der Waals surface area (Å²) in [6, 6.07) is 3.63. The molecule has 2 rings (SSSR count). The molecule has 0 amide bonds. The molecule has 0 aliphatic heterocycles. The van der Waals surface area contributed by atoms with Crippen molar-refractivity contribution in [2.24, 2.45) is 7.05 Å². The summed E-state index contributed by atoms with van der Waals surface area (Å²) < 4.78 is 1.67. The zero-order chi connectivity index (χ0) is 15.4. The van der Waals surface area contributed by atoms with Crippen molar-refractivity contribution in [3.05, 3.63) is 51.8 Å². The molecular formula is C13H14N4O4. The van der Waals surface area contributed by atoms with Crippen LogP contribution in [0.15, 0.2) is 30.6 Å². The molecule has 8 heteroatoms. The number of benzene rings is 1. The molecule has 1 aromatic carbocycles. The number of aromatic carboxylic acids is 1. The molecule has 110 valence electrons. The Bertz CT molecular complexity index is 681. The lowest BCUT2D eigenvalue weighted by molar-refractivity contribution is -0.384. The zero-order valence-corrected chi connectivity index (χ0v) is 11.3. The SMILES string of the molecule is Cn1cc(CCNc2cc([N+](=O)[O-])ccc2C(=O)O)cn1. The number of nitro benzene ring substituents is 1. The van der Waals surface area contributed by atoms with Crippen LogP contribution in [-0.2, 0) is 13.5 Å². The second kappa shape index (κ2) is 6.04. The molecule has 1 heterocycles. The lowest BCUT2D eigenvalue weighted by Gasteiger charge is -2.08. The number of nitrogens with zero attached hydrogens (tertiary/aromatic N) is 3. The number of hydrogen-bond acceptors (Lipinski definition) is 5. The van der Waals surface area contributed by atoms with Crippen molar-refractivity contribution in [2.45, 2.75) is 6.42 Å². The zero-order valence-electron chi connectivity index (χ0n) is 11.3. The van der Waals surface area contributed by atoms with Gasteiger partial charge in [-0.15, -0.1) is 0 Å². The van der Waals surface area contributed by atoms with Crippen molar-refractivity contribution in [1.82, 2.24) is 9.78 Å². The van der Waals surface area contributed by atoms with Crippen LogP contribution in [0.3, 0.4) is 0 Å². The molecule has 0 aliphatic rings. The molecule has 21 heavy (non-hydrogen) atoms. The largest absolute Gasteiger partial charge is 0.478 e. The second-order valence-corrected chi connectivity index (χ2v) is 4.49. The quantitative estimate of drug-likeness (QED) is 0.618. The summed E-state index contributed by atoms with van der Waals surface area (Å²) in [5.74, 6) is -1.13. The maximum absolute atomic E-state index is 11.1. The summed E-state index contributed by atoms with van der Waals surface area (Å²) in [6.07, 6.45) is 4.20. The first kappa shape index (κ1) is 14.5. The fourth-order valence-electron chi connectivity index (χ4n) is 1.92. The number of carboxylic acids is 1. The molecule has 0 unspecified atom stereocenters. The van der Waals surface area contributed by atoms with Gasteiger partial charge in [-0.05, 0) is 18.1 Å². The van der Waals surface area contributed by atoms with Crippen LogP contribution in [0.5, 0.6) is 0 Å². The van der Waals surface area contributed by atoms with Crippen molar-refractivity contribution in [3.8, 4) is 0 Å². The summed E-state index contributed by atoms with van der Waals surface area (Å²) in [6.45, 7) is 0.452. The minimum absolute atomic E-state index is 0.00628. The second-order valence-electron chi connectivity index (χ2n) is 4.49. The van der Waals surface area contributed by atoms with Gasteiger partial charge in [0, 0.05) is 31.9 Å². The first-order valence-electron chi connectivity index (χ1n) is 6.20. The van der Waals surface area contributed by atoms with E-state index in [1.54, 1.807) is 17.9 Å². The normalized spacial score (nSPS) is 10.3. The van der Waals surface area contributed by atoms with E-state index in [0.29, 0.717) is 13.0 Å². The molecule has 2 aromatic rings. The molecule has 1 aromatic heterocycles. The van der Waals surface area contributed by atoms with Crippen LogP contribution < -0.4 is 5.32 Å². The summed E-state index contributed by atoms with van der Waals surface area (Å²) >= 11 is 0. The van der Waals surface area contributed by atoms with Gasteiger partial charge in [-0.25, -0.2) is 4.79 Å². The Balaban J connectivity index is 2.11. The predicted molar refractivity (Wildman–Crippen MR) is 75.5 cm³/mol. The van der Waals surface area contributed by atoms with E-state index >= 15 is 0 Å². The number of rotatable bonds is 6. The third-order valence-corrected chi connectivity index (χ3v) is 2.93. The van der Waals surface area contributed by atoms with Crippen LogP contribution in [0.4, 0.5) is 11.4 Å². The number of aromatic nitrogens is 2. The molecule has 0 spiro atoms. The Kier molecular flexibility index (Phi) is 4.17. The third kappa shape index (κ3) is 3.56. The van der Waals surface area contributed by atoms with E-state index in [1.807, 2.05) is 6.20 Å². The Morgan fingerprint density at radius 2 is 2.29 bits per heavy atom. The predicted octanol–water partition coefficient (Wildman–Crippen LogP) is 1.68. The van der Waals surface area contributed by atoms with E-state index in [-0.39, 0.29) is 16.9 Å². The van der Waals surface area contributed by atoms with Gasteiger partial charge in [0.25, 0.3) is 5.69 Å². The molecular weight excluding hydrogens is 276 g/mol. The fraction of sp³-hybridized carbons (Fsp3) is 0.231. The van der Waals surface area contributed by atoms with Crippen molar-refractivity contribution in [3.63, 3.8) is 0 Å². The van der Waals surface area contributed by atoms with Crippen LogP contribution in [-0.4, -0.2) is 32.3 Å². The topological polar surface area (TPSA) is 110 Å². The van der Waals surface area contributed by atoms with Gasteiger partial charge in [0.2, 0.25) is 0 Å². The van der Waals surface area contributed by atoms with E-state index < -0.39 is 10.9 Å². The van der Waals surface area contributed by atoms with Gasteiger partial charge in [-0.1, -0.05) is 0 Å². The molecule has 2 N–H and O–H groups in total. The van der Waals surface area contributed by atoms with Gasteiger partial charge in [0.1, 0.15) is 0 Å². The van der Waals surface area contributed by atoms with Crippen molar-refractivity contribution in [2.75, 3.05) is 11.9 Å². The summed E-state index contributed by atoms with van der Waals surface area (Å²) in [4.78, 5) is 21.3. The molecule has 0 saturated heterocycles. The van der Waals surface area contributed by atoms with E-state index in [2.05, 4.69) is 10.4 Å². The van der Waals surface area contributed by atoms with E-state index in [0.717, 1.165) is 5.56 Å². The molecule has 0 saturated carbocycles. The molecule has 0 atom stereocenters. The maximum Gasteiger partial charge on any atom is 0.337 e. The Labute approximate surface area is 120 Å². The van der Waals surface area contributed by atoms with Gasteiger partial charge in [0.15, 0.2) is 0 Å². The van der Waals surface area contributed by atoms with Gasteiger partial charge >= 0.3 is 5.97 Å². The van der Waals surface area contributed by atoms with Crippen LogP contribution in [0.25, 0.3) is 0 Å².